The van der Waals surface area contributed by atoms with Gasteiger partial charge in [-0.25, -0.2) is 0 Å². The third kappa shape index (κ3) is 13.7. The number of fused-ring (bicyclic) bond motifs is 5. The molecule has 0 radical (unpaired) electrons. The lowest BCUT2D eigenvalue weighted by Crippen LogP contribution is -2.51. The maximum Gasteiger partial charge on any atom is 0.324 e. The van der Waals surface area contributed by atoms with Crippen molar-refractivity contribution in [3.05, 3.63) is 60.3 Å². The molecule has 0 aromatic rings. The molecule has 11 atom stereocenters. The minimum Gasteiger partial charge on any atom is -0.481 e. The molecular formula is C50H81NO5S. The maximum absolute atomic E-state index is 13.4. The lowest BCUT2D eigenvalue weighted by molar-refractivity contribution is -0.152. The van der Waals surface area contributed by atoms with E-state index in [9.17, 15) is 14.7 Å². The molecule has 0 aliphatic heterocycles. The highest BCUT2D eigenvalue weighted by molar-refractivity contribution is 8.00. The minimum absolute atomic E-state index is 0.0123. The predicted molar refractivity (Wildman–Crippen MR) is 240 cm³/mol. The standard InChI is InChI=1S/C50H81NO5S/c1-7-8-9-10-11-12-13-14-15-16-17-18-24-46(45(52)23-20-25-47(53)54)57-35-44(51)48(55)56-39-30-32-49(5)38(34-39)26-27-40-42-29-28-41(37(4)22-19-21-36(2)3)50(42,6)33-31-43(40)49/h11-12,14-18,24,26,36-37,39-46,52H,7-10,13,19-23,25,27-35,51H2,1-6H3,(H,53,54)/b12-11-,15-14-,17-16+,24-18+/t37-,39+,40+,41-,42+,43+,44+,45+,46-,49+,50-/m1/s1. The lowest BCUT2D eigenvalue weighted by atomic mass is 9.47. The Balaban J connectivity index is 1.28. The first kappa shape index (κ1) is 47.6. The van der Waals surface area contributed by atoms with Gasteiger partial charge in [0.05, 0.1) is 6.10 Å². The number of unbranched alkanes of at least 4 members (excludes halogenated alkanes) is 3. The van der Waals surface area contributed by atoms with Crippen molar-refractivity contribution in [2.24, 2.45) is 52.1 Å². The first-order valence-electron chi connectivity index (χ1n) is 23.1. The number of carbonyl (C=O) groups excluding carboxylic acids is 1. The molecule has 0 unspecified atom stereocenters. The van der Waals surface area contributed by atoms with Crippen LogP contribution < -0.4 is 5.73 Å². The van der Waals surface area contributed by atoms with Gasteiger partial charge in [0.1, 0.15) is 12.1 Å². The molecule has 0 aromatic heterocycles. The van der Waals surface area contributed by atoms with Gasteiger partial charge in [0.25, 0.3) is 0 Å². The van der Waals surface area contributed by atoms with E-state index in [-0.39, 0.29) is 29.2 Å². The number of aliphatic hydroxyl groups is 1. The zero-order valence-corrected chi connectivity index (χ0v) is 37.5. The summed E-state index contributed by atoms with van der Waals surface area (Å²) in [4.78, 5) is 24.5. The van der Waals surface area contributed by atoms with Crippen molar-refractivity contribution in [2.75, 3.05) is 5.75 Å². The zero-order valence-electron chi connectivity index (χ0n) is 36.7. The van der Waals surface area contributed by atoms with Crippen molar-refractivity contribution in [1.29, 1.82) is 0 Å². The highest BCUT2D eigenvalue weighted by Gasteiger charge is 2.59. The number of allylic oxidation sites excluding steroid dienone is 8. The molecule has 4 aliphatic rings. The molecule has 4 N–H and O–H groups in total. The number of hydrogen-bond acceptors (Lipinski definition) is 6. The van der Waals surface area contributed by atoms with Crippen molar-refractivity contribution >= 4 is 23.7 Å². The van der Waals surface area contributed by atoms with Crippen LogP contribution in [0.1, 0.15) is 164 Å². The maximum atomic E-state index is 13.4. The van der Waals surface area contributed by atoms with Crippen LogP contribution in [0.2, 0.25) is 0 Å². The Morgan fingerprint density at radius 3 is 2.47 bits per heavy atom. The van der Waals surface area contributed by atoms with E-state index < -0.39 is 18.1 Å². The second-order valence-electron chi connectivity index (χ2n) is 19.3. The molecule has 6 nitrogen and oxygen atoms in total. The van der Waals surface area contributed by atoms with Crippen molar-refractivity contribution in [1.82, 2.24) is 0 Å². The van der Waals surface area contributed by atoms with Crippen molar-refractivity contribution < 1.29 is 24.5 Å². The number of rotatable bonds is 24. The van der Waals surface area contributed by atoms with Gasteiger partial charge < -0.3 is 20.7 Å². The Morgan fingerprint density at radius 1 is 0.930 bits per heavy atom. The van der Waals surface area contributed by atoms with Gasteiger partial charge in [-0.15, -0.1) is 11.8 Å². The lowest BCUT2D eigenvalue weighted by Gasteiger charge is -2.58. The molecule has 0 saturated heterocycles. The van der Waals surface area contributed by atoms with E-state index in [0.29, 0.717) is 24.0 Å². The van der Waals surface area contributed by atoms with Crippen LogP contribution in [0.3, 0.4) is 0 Å². The van der Waals surface area contributed by atoms with Crippen molar-refractivity contribution in [2.45, 2.75) is 187 Å². The number of ether oxygens (including phenoxy) is 1. The molecule has 4 aliphatic carbocycles. The van der Waals surface area contributed by atoms with Crippen LogP contribution >= 0.6 is 11.8 Å². The van der Waals surface area contributed by atoms with Gasteiger partial charge in [-0.2, -0.15) is 0 Å². The van der Waals surface area contributed by atoms with Crippen LogP contribution in [-0.4, -0.2) is 51.4 Å². The molecule has 57 heavy (non-hydrogen) atoms. The molecule has 3 saturated carbocycles. The number of thioether (sulfide) groups is 1. The Morgan fingerprint density at radius 2 is 1.72 bits per heavy atom. The minimum atomic E-state index is -0.870. The second-order valence-corrected chi connectivity index (χ2v) is 20.5. The third-order valence-electron chi connectivity index (χ3n) is 14.8. The third-order valence-corrected chi connectivity index (χ3v) is 16.2. The van der Waals surface area contributed by atoms with E-state index in [4.69, 9.17) is 15.6 Å². The van der Waals surface area contributed by atoms with Gasteiger partial charge in [0.2, 0.25) is 0 Å². The van der Waals surface area contributed by atoms with Gasteiger partial charge in [0, 0.05) is 23.8 Å². The topological polar surface area (TPSA) is 110 Å². The zero-order chi connectivity index (χ0) is 41.4. The molecular weight excluding hydrogens is 727 g/mol. The summed E-state index contributed by atoms with van der Waals surface area (Å²) in [5.41, 5.74) is 8.62. The van der Waals surface area contributed by atoms with Crippen molar-refractivity contribution in [3.8, 4) is 0 Å². The van der Waals surface area contributed by atoms with Crippen LogP contribution in [-0.2, 0) is 14.3 Å². The summed E-state index contributed by atoms with van der Waals surface area (Å²) in [6, 6.07) is -0.803. The summed E-state index contributed by atoms with van der Waals surface area (Å²) < 4.78 is 6.13. The summed E-state index contributed by atoms with van der Waals surface area (Å²) in [5.74, 6) is 3.87. The summed E-state index contributed by atoms with van der Waals surface area (Å²) in [6.07, 6.45) is 38.0. The average molecular weight is 808 g/mol. The summed E-state index contributed by atoms with van der Waals surface area (Å²) in [5, 5.41) is 19.8. The SMILES string of the molecule is CCCCC/C=C\C\C=C/C=C/C=C/[C@@H](SC[C@H](N)C(=O)O[C@H]1CC[C@@]2(C)C(=CC[C@H]3[C@@H]4CC[C@H]([C@H](C)CCCC(C)C)[C@@]4(C)CC[C@@H]32)C1)[C@@H](O)CCCC(=O)O. The first-order valence-corrected chi connectivity index (χ1v) is 24.2. The number of carboxylic acid groups (broad SMARTS) is 1. The molecule has 7 heteroatoms. The Hall–Kier alpha value is -2.09. The summed E-state index contributed by atoms with van der Waals surface area (Å²) in [7, 11) is 0. The molecule has 0 aromatic carbocycles. The fourth-order valence-electron chi connectivity index (χ4n) is 11.5. The average Bonchev–Trinajstić information content (AvgIpc) is 3.53. The normalized spacial score (nSPS) is 31.0. The number of aliphatic carboxylic acids is 1. The van der Waals surface area contributed by atoms with Crippen molar-refractivity contribution in [3.63, 3.8) is 0 Å². The largest absolute Gasteiger partial charge is 0.481 e. The Kier molecular flexibility index (Phi) is 19.7. The number of aliphatic hydroxyl groups excluding tert-OH is 1. The Bertz CT molecular complexity index is 1400. The van der Waals surface area contributed by atoms with Gasteiger partial charge in [0.15, 0.2) is 0 Å². The number of esters is 1. The Labute approximate surface area is 352 Å². The fraction of sp³-hybridized carbons (Fsp3) is 0.760. The molecule has 0 amide bonds. The molecule has 0 heterocycles. The van der Waals surface area contributed by atoms with Crippen LogP contribution in [0.15, 0.2) is 60.3 Å². The van der Waals surface area contributed by atoms with Crippen LogP contribution in [0.5, 0.6) is 0 Å². The fourth-order valence-corrected chi connectivity index (χ4v) is 12.6. The first-order chi connectivity index (χ1) is 27.3. The number of carboxylic acids is 1. The van der Waals surface area contributed by atoms with E-state index in [2.05, 4.69) is 65.8 Å². The van der Waals surface area contributed by atoms with Gasteiger partial charge in [-0.05, 0) is 123 Å². The summed E-state index contributed by atoms with van der Waals surface area (Å²) >= 11 is 1.43. The summed E-state index contributed by atoms with van der Waals surface area (Å²) in [6.45, 7) is 14.7. The predicted octanol–water partition coefficient (Wildman–Crippen LogP) is 12.2. The van der Waals surface area contributed by atoms with Crippen LogP contribution in [0, 0.1) is 46.3 Å². The van der Waals surface area contributed by atoms with E-state index >= 15 is 0 Å². The molecule has 0 bridgehead atoms. The molecule has 0 spiro atoms. The molecule has 4 rings (SSSR count). The monoisotopic (exact) mass is 808 g/mol. The molecule has 322 valence electrons. The van der Waals surface area contributed by atoms with Gasteiger partial charge in [-0.3, -0.25) is 9.59 Å². The van der Waals surface area contributed by atoms with E-state index in [0.717, 1.165) is 67.6 Å². The second kappa shape index (κ2) is 23.6. The molecule has 3 fully saturated rings. The van der Waals surface area contributed by atoms with Gasteiger partial charge >= 0.3 is 11.9 Å². The highest BCUT2D eigenvalue weighted by Crippen LogP contribution is 2.67. The number of nitrogens with two attached hydrogens (primary N) is 1. The quantitative estimate of drug-likeness (QED) is 0.0385. The smallest absolute Gasteiger partial charge is 0.324 e. The van der Waals surface area contributed by atoms with Crippen LogP contribution in [0.25, 0.3) is 0 Å². The number of hydrogen-bond donors (Lipinski definition) is 3. The van der Waals surface area contributed by atoms with E-state index in [1.165, 1.54) is 88.0 Å². The van der Waals surface area contributed by atoms with E-state index in [1.54, 1.807) is 0 Å². The number of carbonyl (C=O) groups is 2. The van der Waals surface area contributed by atoms with Gasteiger partial charge in [-0.1, -0.05) is 134 Å². The highest BCUT2D eigenvalue weighted by atomic mass is 32.2. The van der Waals surface area contributed by atoms with E-state index in [1.807, 2.05) is 30.4 Å². The van der Waals surface area contributed by atoms with Crippen LogP contribution in [0.4, 0.5) is 0 Å².